The molecule has 0 atom stereocenters. The van der Waals surface area contributed by atoms with Crippen LogP contribution >= 0.6 is 31.9 Å². The number of pyridine rings is 1. The number of hydrogen-bond acceptors (Lipinski definition) is 3. The second-order valence-corrected chi connectivity index (χ2v) is 8.95. The van der Waals surface area contributed by atoms with Gasteiger partial charge in [-0.2, -0.15) is 18.8 Å². The Labute approximate surface area is 232 Å². The number of benzene rings is 3. The average Bonchev–Trinajstić information content (AvgIpc) is 3.37. The molecule has 1 aromatic heterocycles. The topological polar surface area (TPSA) is 19.4 Å². The van der Waals surface area contributed by atoms with Gasteiger partial charge in [0.15, 0.2) is 0 Å². The Balaban J connectivity index is 0.000000188. The van der Waals surface area contributed by atoms with E-state index < -0.39 is 0 Å². The maximum atomic E-state index is 4.49. The molecule has 0 radical (unpaired) electrons. The summed E-state index contributed by atoms with van der Waals surface area (Å²) in [6.45, 7) is 5.14. The van der Waals surface area contributed by atoms with Crippen LogP contribution in [0.25, 0.3) is 22.4 Å². The van der Waals surface area contributed by atoms with E-state index >= 15 is 0 Å². The molecule has 2 heterocycles. The summed E-state index contributed by atoms with van der Waals surface area (Å²) in [7, 11) is 0. The zero-order chi connectivity index (χ0) is 23.0. The van der Waals surface area contributed by atoms with Crippen LogP contribution in [0.2, 0.25) is 0 Å². The van der Waals surface area contributed by atoms with E-state index in [2.05, 4.69) is 79.0 Å². The van der Waals surface area contributed by atoms with Gasteiger partial charge in [0, 0.05) is 6.20 Å². The van der Waals surface area contributed by atoms with Crippen molar-refractivity contribution in [3.63, 3.8) is 0 Å². The third-order valence-corrected chi connectivity index (χ3v) is 6.87. The van der Waals surface area contributed by atoms with Crippen molar-refractivity contribution >= 4 is 37.5 Å². The first-order valence-electron chi connectivity index (χ1n) is 10.6. The van der Waals surface area contributed by atoms with E-state index in [-0.39, 0.29) is 20.1 Å². The van der Waals surface area contributed by atoms with Crippen molar-refractivity contribution in [3.05, 3.63) is 125 Å². The number of halogens is 2. The summed E-state index contributed by atoms with van der Waals surface area (Å²) in [5.74, 6) is 0. The molecule has 4 aromatic rings. The minimum atomic E-state index is 0. The molecule has 1 aliphatic heterocycles. The number of aromatic nitrogens is 1. The summed E-state index contributed by atoms with van der Waals surface area (Å²) >= 11 is 6.91. The minimum absolute atomic E-state index is 0. The first-order valence-corrected chi connectivity index (χ1v) is 12.2. The molecule has 5 rings (SSSR count). The Kier molecular flexibility index (Phi) is 10.1. The van der Waals surface area contributed by atoms with Crippen molar-refractivity contribution in [2.45, 2.75) is 6.92 Å². The summed E-state index contributed by atoms with van der Waals surface area (Å²) in [4.78, 5) is 8.65. The van der Waals surface area contributed by atoms with Gasteiger partial charge in [-0.25, -0.2) is 0 Å². The fraction of sp³-hybridized carbons (Fsp3) is 0.0714. The minimum Gasteiger partial charge on any atom is -0.508 e. The first kappa shape index (κ1) is 26.4. The molecule has 0 aliphatic carbocycles. The van der Waals surface area contributed by atoms with Crippen LogP contribution in [0.4, 0.5) is 5.69 Å². The Morgan fingerprint density at radius 2 is 1.68 bits per heavy atom. The molecule has 0 fully saturated rings. The number of nitrogens with zero attached hydrogens (tertiary/aromatic N) is 3. The van der Waals surface area contributed by atoms with E-state index in [4.69, 9.17) is 0 Å². The molecule has 6 heteroatoms. The van der Waals surface area contributed by atoms with Gasteiger partial charge in [-0.1, -0.05) is 74.3 Å². The Hall–Kier alpha value is -2.24. The third kappa shape index (κ3) is 6.89. The maximum Gasteiger partial charge on any atom is 3.00 e. The molecule has 3 aromatic carbocycles. The van der Waals surface area contributed by atoms with Gasteiger partial charge in [-0.05, 0) is 35.8 Å². The van der Waals surface area contributed by atoms with Crippen LogP contribution in [0.5, 0.6) is 0 Å². The third-order valence-electron chi connectivity index (χ3n) is 5.03. The summed E-state index contributed by atoms with van der Waals surface area (Å²) in [6.07, 6.45) is 5.98. The molecule has 0 N–H and O–H groups in total. The number of rotatable bonds is 4. The van der Waals surface area contributed by atoms with Crippen LogP contribution < -0.4 is 4.90 Å². The summed E-state index contributed by atoms with van der Waals surface area (Å²) < 4.78 is 2.05. The van der Waals surface area contributed by atoms with Gasteiger partial charge in [-0.3, -0.25) is 0 Å². The van der Waals surface area contributed by atoms with Crippen molar-refractivity contribution in [1.29, 1.82) is 0 Å². The summed E-state index contributed by atoms with van der Waals surface area (Å²) in [5, 5.41) is 0. The van der Waals surface area contributed by atoms with E-state index in [0.717, 1.165) is 38.0 Å². The number of anilines is 1. The van der Waals surface area contributed by atoms with Crippen molar-refractivity contribution in [1.82, 2.24) is 9.88 Å². The van der Waals surface area contributed by atoms with Crippen LogP contribution in [-0.2, 0) is 20.1 Å². The maximum absolute atomic E-state index is 4.49. The first-order chi connectivity index (χ1) is 16.1. The fourth-order valence-corrected chi connectivity index (χ4v) is 3.78. The zero-order valence-electron chi connectivity index (χ0n) is 18.5. The molecule has 172 valence electrons. The molecular weight excluding hydrogens is 730 g/mol. The molecule has 34 heavy (non-hydrogen) atoms. The predicted molar refractivity (Wildman–Crippen MR) is 143 cm³/mol. The van der Waals surface area contributed by atoms with Crippen molar-refractivity contribution in [2.75, 3.05) is 11.4 Å². The van der Waals surface area contributed by atoms with E-state index in [1.807, 2.05) is 90.8 Å². The van der Waals surface area contributed by atoms with Crippen LogP contribution in [0.1, 0.15) is 6.92 Å². The van der Waals surface area contributed by atoms with Gasteiger partial charge in [0.2, 0.25) is 0 Å². The second kappa shape index (κ2) is 13.0. The average molecular weight is 753 g/mol. The molecule has 3 nitrogen and oxygen atoms in total. The largest absolute Gasteiger partial charge is 3.00 e. The molecule has 0 amide bonds. The van der Waals surface area contributed by atoms with Gasteiger partial charge in [-0.15, -0.1) is 63.6 Å². The van der Waals surface area contributed by atoms with Crippen molar-refractivity contribution in [2.24, 2.45) is 0 Å². The molecule has 0 saturated heterocycles. The summed E-state index contributed by atoms with van der Waals surface area (Å²) in [5.41, 5.74) is 5.33. The van der Waals surface area contributed by atoms with E-state index in [1.54, 1.807) is 0 Å². The van der Waals surface area contributed by atoms with Gasteiger partial charge in [0.1, 0.15) is 0 Å². The van der Waals surface area contributed by atoms with E-state index in [9.17, 15) is 0 Å². The molecule has 0 saturated carbocycles. The van der Waals surface area contributed by atoms with Crippen LogP contribution in [0.15, 0.2) is 106 Å². The normalized spacial score (nSPS) is 12.1. The van der Waals surface area contributed by atoms with Gasteiger partial charge < -0.3 is 14.8 Å². The molecular formula is C28H22Br2IrN3. The Bertz CT molecular complexity index is 1140. The molecule has 0 unspecified atom stereocenters. The van der Waals surface area contributed by atoms with E-state index in [1.165, 1.54) is 5.56 Å². The molecule has 1 aliphatic rings. The van der Waals surface area contributed by atoms with Crippen LogP contribution in [0.3, 0.4) is 0 Å². The second-order valence-electron chi connectivity index (χ2n) is 7.24. The van der Waals surface area contributed by atoms with Crippen LogP contribution in [0, 0.1) is 18.8 Å². The fourth-order valence-electron chi connectivity index (χ4n) is 3.22. The molecule has 0 spiro atoms. The van der Waals surface area contributed by atoms with Gasteiger partial charge in [0.05, 0.1) is 0 Å². The van der Waals surface area contributed by atoms with Gasteiger partial charge >= 0.3 is 20.1 Å². The monoisotopic (exact) mass is 751 g/mol. The van der Waals surface area contributed by atoms with Crippen molar-refractivity contribution < 1.29 is 20.1 Å². The van der Waals surface area contributed by atoms with E-state index in [0.29, 0.717) is 0 Å². The predicted octanol–water partition coefficient (Wildman–Crippen LogP) is 7.96. The van der Waals surface area contributed by atoms with Gasteiger partial charge in [0.25, 0.3) is 0 Å². The number of hydrogen-bond donors (Lipinski definition) is 0. The SMILES string of the molecule is CCN1C=CN(c2[c-]cc(Br)c(Br)c2)[CH-]1.[Ir+3].[c-]1ccccc1-c1ccc(-c2ccccc2)cn1. The Morgan fingerprint density at radius 1 is 0.882 bits per heavy atom. The summed E-state index contributed by atoms with van der Waals surface area (Å²) in [6, 6.07) is 32.6. The Morgan fingerprint density at radius 3 is 2.29 bits per heavy atom. The zero-order valence-corrected chi connectivity index (χ0v) is 24.0. The quantitative estimate of drug-likeness (QED) is 0.198. The standard InChI is InChI=1S/C17H12N.C11H10Br2N2.Ir/c1-3-7-14(8-4-1)16-11-12-17(18-13-16)15-9-5-2-6-10-15;1-2-14-5-6-15(8-14)9-3-4-10(12)11(13)7-9;/h1-9,11-13H;4-8H,2H2,1H3;/q-1;-2;+3. The van der Waals surface area contributed by atoms with Crippen molar-refractivity contribution in [3.8, 4) is 22.4 Å². The molecule has 0 bridgehead atoms. The van der Waals surface area contributed by atoms with Crippen LogP contribution in [-0.4, -0.2) is 16.4 Å². The smallest absolute Gasteiger partial charge is 0.508 e.